The molecule has 0 spiro atoms. The van der Waals surface area contributed by atoms with Crippen LogP contribution in [-0.4, -0.2) is 23.7 Å². The van der Waals surface area contributed by atoms with Crippen molar-refractivity contribution < 1.29 is 4.74 Å². The Morgan fingerprint density at radius 3 is 2.93 bits per heavy atom. The quantitative estimate of drug-likeness (QED) is 0.824. The van der Waals surface area contributed by atoms with Gasteiger partial charge in [0.25, 0.3) is 0 Å². The third-order valence-corrected chi connectivity index (χ3v) is 3.99. The summed E-state index contributed by atoms with van der Waals surface area (Å²) in [6, 6.07) is 0.113. The molecule has 1 saturated carbocycles. The molecule has 14 heavy (non-hydrogen) atoms. The lowest BCUT2D eigenvalue weighted by Crippen LogP contribution is -2.55. The van der Waals surface area contributed by atoms with Crippen LogP contribution >= 0.6 is 11.3 Å². The van der Waals surface area contributed by atoms with E-state index < -0.39 is 0 Å². The van der Waals surface area contributed by atoms with Gasteiger partial charge in [-0.05, 0) is 19.3 Å². The van der Waals surface area contributed by atoms with Crippen LogP contribution in [0.3, 0.4) is 0 Å². The number of ether oxygens (including phenoxy) is 1. The van der Waals surface area contributed by atoms with Gasteiger partial charge >= 0.3 is 0 Å². The second-order valence-electron chi connectivity index (χ2n) is 3.90. The minimum atomic E-state index is -0.0516. The number of nitrogens with zero attached hydrogens (tertiary/aromatic N) is 1. The SMILES string of the molecule is COC1(C(N)Cc2cncs2)CCC1. The van der Waals surface area contributed by atoms with E-state index in [2.05, 4.69) is 4.98 Å². The number of hydrogen-bond donors (Lipinski definition) is 1. The van der Waals surface area contributed by atoms with Gasteiger partial charge in [0.05, 0.1) is 11.1 Å². The average Bonchev–Trinajstić information content (AvgIpc) is 2.55. The summed E-state index contributed by atoms with van der Waals surface area (Å²) in [5.41, 5.74) is 7.97. The van der Waals surface area contributed by atoms with Gasteiger partial charge in [0.1, 0.15) is 0 Å². The highest BCUT2D eigenvalue weighted by molar-refractivity contribution is 7.09. The fourth-order valence-electron chi connectivity index (χ4n) is 2.00. The first-order valence-corrected chi connectivity index (χ1v) is 5.83. The van der Waals surface area contributed by atoms with Crippen LogP contribution in [-0.2, 0) is 11.2 Å². The van der Waals surface area contributed by atoms with E-state index in [-0.39, 0.29) is 11.6 Å². The summed E-state index contributed by atoms with van der Waals surface area (Å²) in [6.07, 6.45) is 6.22. The van der Waals surface area contributed by atoms with Crippen LogP contribution in [0.1, 0.15) is 24.1 Å². The van der Waals surface area contributed by atoms with Crippen LogP contribution in [0, 0.1) is 0 Å². The highest BCUT2D eigenvalue weighted by Crippen LogP contribution is 2.38. The van der Waals surface area contributed by atoms with Gasteiger partial charge < -0.3 is 10.5 Å². The summed E-state index contributed by atoms with van der Waals surface area (Å²) in [7, 11) is 1.77. The Hall–Kier alpha value is -0.450. The van der Waals surface area contributed by atoms with Crippen molar-refractivity contribution in [2.45, 2.75) is 37.3 Å². The zero-order chi connectivity index (χ0) is 10.0. The first kappa shape index (κ1) is 10.1. The fourth-order valence-corrected chi connectivity index (χ4v) is 2.65. The van der Waals surface area contributed by atoms with E-state index in [1.54, 1.807) is 18.4 Å². The molecule has 0 bridgehead atoms. The Balaban J connectivity index is 1.98. The predicted molar refractivity (Wildman–Crippen MR) is 57.4 cm³/mol. The third kappa shape index (κ3) is 1.69. The van der Waals surface area contributed by atoms with E-state index in [4.69, 9.17) is 10.5 Å². The summed E-state index contributed by atoms with van der Waals surface area (Å²) in [4.78, 5) is 5.30. The van der Waals surface area contributed by atoms with E-state index in [9.17, 15) is 0 Å². The summed E-state index contributed by atoms with van der Waals surface area (Å²) >= 11 is 1.67. The molecule has 0 saturated heterocycles. The highest BCUT2D eigenvalue weighted by Gasteiger charge is 2.42. The Labute approximate surface area is 88.3 Å². The highest BCUT2D eigenvalue weighted by atomic mass is 32.1. The standard InChI is InChI=1S/C10H16N2OS/c1-13-10(3-2-4-10)9(11)5-8-6-12-7-14-8/h6-7,9H,2-5,11H2,1H3. The van der Waals surface area contributed by atoms with Crippen LogP contribution < -0.4 is 5.73 Å². The normalized spacial score (nSPS) is 21.6. The number of nitrogens with two attached hydrogens (primary N) is 1. The second-order valence-corrected chi connectivity index (χ2v) is 4.87. The first-order valence-electron chi connectivity index (χ1n) is 4.95. The number of thiazole rings is 1. The molecule has 1 heterocycles. The molecular weight excluding hydrogens is 196 g/mol. The summed E-state index contributed by atoms with van der Waals surface area (Å²) in [5, 5.41) is 0. The molecule has 3 nitrogen and oxygen atoms in total. The van der Waals surface area contributed by atoms with Crippen molar-refractivity contribution in [2.24, 2.45) is 5.73 Å². The molecule has 1 aliphatic rings. The van der Waals surface area contributed by atoms with Crippen LogP contribution in [0.15, 0.2) is 11.7 Å². The minimum Gasteiger partial charge on any atom is -0.377 e. The van der Waals surface area contributed by atoms with Gasteiger partial charge in [-0.3, -0.25) is 4.98 Å². The number of hydrogen-bond acceptors (Lipinski definition) is 4. The lowest BCUT2D eigenvalue weighted by atomic mass is 9.73. The van der Waals surface area contributed by atoms with E-state index in [1.807, 2.05) is 11.7 Å². The number of rotatable bonds is 4. The van der Waals surface area contributed by atoms with E-state index in [0.29, 0.717) is 0 Å². The van der Waals surface area contributed by atoms with Gasteiger partial charge in [-0.15, -0.1) is 11.3 Å². The zero-order valence-corrected chi connectivity index (χ0v) is 9.22. The molecule has 0 amide bonds. The molecule has 1 atom stereocenters. The Bertz CT molecular complexity index is 277. The van der Waals surface area contributed by atoms with Gasteiger partial charge in [0.15, 0.2) is 0 Å². The van der Waals surface area contributed by atoms with Crippen molar-refractivity contribution in [3.05, 3.63) is 16.6 Å². The third-order valence-electron chi connectivity index (χ3n) is 3.19. The predicted octanol–water partition coefficient (Wildman–Crippen LogP) is 1.58. The van der Waals surface area contributed by atoms with Gasteiger partial charge in [0, 0.05) is 30.6 Å². The molecule has 2 rings (SSSR count). The fraction of sp³-hybridized carbons (Fsp3) is 0.700. The van der Waals surface area contributed by atoms with E-state index in [0.717, 1.165) is 19.3 Å². The zero-order valence-electron chi connectivity index (χ0n) is 8.40. The number of aromatic nitrogens is 1. The van der Waals surface area contributed by atoms with E-state index in [1.165, 1.54) is 11.3 Å². The van der Waals surface area contributed by atoms with Crippen LogP contribution in [0.25, 0.3) is 0 Å². The van der Waals surface area contributed by atoms with Gasteiger partial charge in [-0.2, -0.15) is 0 Å². The van der Waals surface area contributed by atoms with Gasteiger partial charge in [-0.1, -0.05) is 0 Å². The smallest absolute Gasteiger partial charge is 0.0832 e. The lowest BCUT2D eigenvalue weighted by molar-refractivity contribution is -0.0895. The molecule has 4 heteroatoms. The van der Waals surface area contributed by atoms with Crippen molar-refractivity contribution in [1.29, 1.82) is 0 Å². The van der Waals surface area contributed by atoms with Gasteiger partial charge in [0.2, 0.25) is 0 Å². The molecule has 78 valence electrons. The maximum absolute atomic E-state index is 6.17. The molecule has 0 radical (unpaired) electrons. The lowest BCUT2D eigenvalue weighted by Gasteiger charge is -2.44. The van der Waals surface area contributed by atoms with E-state index >= 15 is 0 Å². The van der Waals surface area contributed by atoms with Crippen LogP contribution in [0.4, 0.5) is 0 Å². The molecule has 1 aromatic heterocycles. The maximum atomic E-state index is 6.17. The van der Waals surface area contributed by atoms with Crippen molar-refractivity contribution >= 4 is 11.3 Å². The molecule has 1 aliphatic carbocycles. The maximum Gasteiger partial charge on any atom is 0.0832 e. The Morgan fingerprint density at radius 1 is 1.71 bits per heavy atom. The molecule has 0 aliphatic heterocycles. The molecule has 2 N–H and O–H groups in total. The van der Waals surface area contributed by atoms with Crippen molar-refractivity contribution in [2.75, 3.05) is 7.11 Å². The van der Waals surface area contributed by atoms with Crippen molar-refractivity contribution in [3.63, 3.8) is 0 Å². The summed E-state index contributed by atoms with van der Waals surface area (Å²) < 4.78 is 5.54. The van der Waals surface area contributed by atoms with Crippen LogP contribution in [0.5, 0.6) is 0 Å². The first-order chi connectivity index (χ1) is 6.77. The largest absolute Gasteiger partial charge is 0.377 e. The second kappa shape index (κ2) is 3.96. The minimum absolute atomic E-state index is 0.0516. The number of methoxy groups -OCH3 is 1. The molecule has 1 aromatic rings. The van der Waals surface area contributed by atoms with Crippen LogP contribution in [0.2, 0.25) is 0 Å². The monoisotopic (exact) mass is 212 g/mol. The van der Waals surface area contributed by atoms with Crippen molar-refractivity contribution in [1.82, 2.24) is 4.98 Å². The van der Waals surface area contributed by atoms with Crippen molar-refractivity contribution in [3.8, 4) is 0 Å². The molecule has 1 fully saturated rings. The van der Waals surface area contributed by atoms with Gasteiger partial charge in [-0.25, -0.2) is 0 Å². The Morgan fingerprint density at radius 2 is 2.50 bits per heavy atom. The molecule has 0 aromatic carbocycles. The summed E-state index contributed by atoms with van der Waals surface area (Å²) in [6.45, 7) is 0. The summed E-state index contributed by atoms with van der Waals surface area (Å²) in [5.74, 6) is 0. The molecule has 1 unspecified atom stereocenters. The molecular formula is C10H16N2OS. The Kier molecular flexibility index (Phi) is 2.85. The average molecular weight is 212 g/mol. The topological polar surface area (TPSA) is 48.1 Å².